The van der Waals surface area contributed by atoms with Gasteiger partial charge in [0, 0.05) is 0 Å². The maximum Gasteiger partial charge on any atom is 0.264 e. The van der Waals surface area contributed by atoms with E-state index in [0.29, 0.717) is 10.1 Å². The van der Waals surface area contributed by atoms with Gasteiger partial charge in [-0.3, -0.25) is 4.79 Å². The zero-order valence-electron chi connectivity index (χ0n) is 12.8. The fourth-order valence-electron chi connectivity index (χ4n) is 2.16. The first kappa shape index (κ1) is 15.5. The predicted molar refractivity (Wildman–Crippen MR) is 93.1 cm³/mol. The average Bonchev–Trinajstić information content (AvgIpc) is 2.86. The first-order valence-electron chi connectivity index (χ1n) is 7.14. The van der Waals surface area contributed by atoms with E-state index in [4.69, 9.17) is 0 Å². The monoisotopic (exact) mass is 326 g/mol. The summed E-state index contributed by atoms with van der Waals surface area (Å²) in [5.41, 5.74) is 3.86. The second kappa shape index (κ2) is 6.38. The van der Waals surface area contributed by atoms with E-state index in [1.165, 1.54) is 23.9 Å². The Bertz CT molecular complexity index is 825. The van der Waals surface area contributed by atoms with Gasteiger partial charge in [-0.2, -0.15) is 0 Å². The number of rotatable bonds is 2. The van der Waals surface area contributed by atoms with E-state index < -0.39 is 0 Å². The van der Waals surface area contributed by atoms with Gasteiger partial charge in [0.1, 0.15) is 5.82 Å². The highest BCUT2D eigenvalue weighted by Gasteiger charge is 2.23. The van der Waals surface area contributed by atoms with Gasteiger partial charge in [0.05, 0.1) is 10.6 Å². The summed E-state index contributed by atoms with van der Waals surface area (Å²) in [6.45, 7) is 4.03. The fourth-order valence-corrected chi connectivity index (χ4v) is 2.99. The Morgan fingerprint density at radius 2 is 1.87 bits per heavy atom. The molecule has 0 atom stereocenters. The minimum Gasteiger partial charge on any atom is -0.300 e. The number of carbonyl (C=O) groups is 1. The Labute approximate surface area is 138 Å². The van der Waals surface area contributed by atoms with Crippen molar-refractivity contribution in [1.29, 1.82) is 0 Å². The lowest BCUT2D eigenvalue weighted by atomic mass is 10.1. The predicted octanol–water partition coefficient (Wildman–Crippen LogP) is 4.33. The van der Waals surface area contributed by atoms with Crippen LogP contribution >= 0.6 is 11.8 Å². The molecule has 5 heteroatoms. The topological polar surface area (TPSA) is 41.5 Å². The number of halogens is 1. The van der Waals surface area contributed by atoms with E-state index in [-0.39, 0.29) is 11.7 Å². The van der Waals surface area contributed by atoms with E-state index in [1.807, 2.05) is 32.0 Å². The van der Waals surface area contributed by atoms with Gasteiger partial charge in [0.25, 0.3) is 5.91 Å². The van der Waals surface area contributed by atoms with E-state index in [2.05, 4.69) is 10.3 Å². The maximum atomic E-state index is 12.9. The zero-order valence-corrected chi connectivity index (χ0v) is 13.6. The normalized spacial score (nSPS) is 17.8. The molecule has 0 saturated carbocycles. The number of aryl methyl sites for hydroxylation is 1. The van der Waals surface area contributed by atoms with Crippen molar-refractivity contribution in [1.82, 2.24) is 5.32 Å². The van der Waals surface area contributed by atoms with Crippen molar-refractivity contribution < 1.29 is 9.18 Å². The molecule has 0 bridgehead atoms. The Kier molecular flexibility index (Phi) is 4.30. The van der Waals surface area contributed by atoms with Crippen LogP contribution < -0.4 is 5.32 Å². The largest absolute Gasteiger partial charge is 0.300 e. The van der Waals surface area contributed by atoms with Crippen molar-refractivity contribution >= 4 is 34.6 Å². The highest BCUT2D eigenvalue weighted by Crippen LogP contribution is 2.29. The van der Waals surface area contributed by atoms with Crippen LogP contribution in [0.15, 0.2) is 52.4 Å². The molecule has 0 aromatic heterocycles. The molecule has 0 spiro atoms. The van der Waals surface area contributed by atoms with Gasteiger partial charge in [-0.05, 0) is 66.6 Å². The Morgan fingerprint density at radius 1 is 1.13 bits per heavy atom. The third-order valence-electron chi connectivity index (χ3n) is 3.62. The highest BCUT2D eigenvalue weighted by molar-refractivity contribution is 8.18. The number of carbonyl (C=O) groups excluding carboxylic acids is 1. The summed E-state index contributed by atoms with van der Waals surface area (Å²) < 4.78 is 12.9. The minimum atomic E-state index is -0.298. The van der Waals surface area contributed by atoms with Crippen LogP contribution in [0.4, 0.5) is 10.1 Å². The molecule has 1 aliphatic heterocycles. The first-order chi connectivity index (χ1) is 11.0. The van der Waals surface area contributed by atoms with Crippen molar-refractivity contribution in [2.24, 2.45) is 4.99 Å². The van der Waals surface area contributed by atoms with Crippen molar-refractivity contribution in [3.8, 4) is 0 Å². The van der Waals surface area contributed by atoms with Crippen molar-refractivity contribution in [3.63, 3.8) is 0 Å². The van der Waals surface area contributed by atoms with Gasteiger partial charge in [0.15, 0.2) is 5.17 Å². The van der Waals surface area contributed by atoms with Crippen LogP contribution in [0.2, 0.25) is 0 Å². The number of amidine groups is 1. The van der Waals surface area contributed by atoms with Crippen molar-refractivity contribution in [2.45, 2.75) is 13.8 Å². The van der Waals surface area contributed by atoms with E-state index in [9.17, 15) is 9.18 Å². The standard InChI is InChI=1S/C18H15FN2OS/c1-11-4-3-5-15(12(11)2)20-18-21-17(22)16(23-18)10-13-6-8-14(19)9-7-13/h3-10H,1-2H3,(H,20,21,22)/b16-10-. The second-order valence-electron chi connectivity index (χ2n) is 5.25. The smallest absolute Gasteiger partial charge is 0.264 e. The number of aliphatic imine (C=N–C) groups is 1. The number of nitrogens with zero attached hydrogens (tertiary/aromatic N) is 1. The van der Waals surface area contributed by atoms with Gasteiger partial charge in [-0.15, -0.1) is 0 Å². The Morgan fingerprint density at radius 3 is 2.61 bits per heavy atom. The van der Waals surface area contributed by atoms with E-state index >= 15 is 0 Å². The highest BCUT2D eigenvalue weighted by atomic mass is 32.2. The van der Waals surface area contributed by atoms with Crippen molar-refractivity contribution in [2.75, 3.05) is 0 Å². The summed E-state index contributed by atoms with van der Waals surface area (Å²) >= 11 is 1.28. The molecule has 3 nitrogen and oxygen atoms in total. The van der Waals surface area contributed by atoms with Gasteiger partial charge in [-0.1, -0.05) is 24.3 Å². The maximum absolute atomic E-state index is 12.9. The molecular formula is C18H15FN2OS. The van der Waals surface area contributed by atoms with E-state index in [0.717, 1.165) is 22.4 Å². The molecule has 1 N–H and O–H groups in total. The average molecular weight is 326 g/mol. The molecular weight excluding hydrogens is 311 g/mol. The first-order valence-corrected chi connectivity index (χ1v) is 7.96. The van der Waals surface area contributed by atoms with Gasteiger partial charge in [-0.25, -0.2) is 9.38 Å². The van der Waals surface area contributed by atoms with Crippen LogP contribution in [-0.4, -0.2) is 11.1 Å². The fraction of sp³-hybridized carbons (Fsp3) is 0.111. The number of hydrogen-bond donors (Lipinski definition) is 1. The lowest BCUT2D eigenvalue weighted by Gasteiger charge is -2.04. The van der Waals surface area contributed by atoms with Crippen LogP contribution in [0, 0.1) is 19.7 Å². The summed E-state index contributed by atoms with van der Waals surface area (Å²) in [4.78, 5) is 17.1. The summed E-state index contributed by atoms with van der Waals surface area (Å²) in [5.74, 6) is -0.490. The number of nitrogens with one attached hydrogen (secondary N) is 1. The molecule has 1 fully saturated rings. The molecule has 1 heterocycles. The molecule has 2 aromatic carbocycles. The van der Waals surface area contributed by atoms with Crippen LogP contribution in [-0.2, 0) is 4.79 Å². The Balaban J connectivity index is 1.86. The summed E-state index contributed by atoms with van der Waals surface area (Å²) in [6, 6.07) is 11.9. The summed E-state index contributed by atoms with van der Waals surface area (Å²) in [7, 11) is 0. The summed E-state index contributed by atoms with van der Waals surface area (Å²) in [6.07, 6.45) is 1.73. The quantitative estimate of drug-likeness (QED) is 0.834. The van der Waals surface area contributed by atoms with E-state index in [1.54, 1.807) is 18.2 Å². The SMILES string of the molecule is Cc1cccc(N=C2NC(=O)/C(=C/c3ccc(F)cc3)S2)c1C. The van der Waals surface area contributed by atoms with Gasteiger partial charge in [0.2, 0.25) is 0 Å². The van der Waals surface area contributed by atoms with Gasteiger partial charge < -0.3 is 5.32 Å². The number of thioether (sulfide) groups is 1. The minimum absolute atomic E-state index is 0.191. The second-order valence-corrected chi connectivity index (χ2v) is 6.28. The van der Waals surface area contributed by atoms with Crippen LogP contribution in [0.3, 0.4) is 0 Å². The summed E-state index contributed by atoms with van der Waals surface area (Å²) in [5, 5.41) is 3.32. The molecule has 2 aromatic rings. The molecule has 116 valence electrons. The third-order valence-corrected chi connectivity index (χ3v) is 4.53. The number of benzene rings is 2. The molecule has 23 heavy (non-hydrogen) atoms. The number of amides is 1. The molecule has 1 aliphatic rings. The lowest BCUT2D eigenvalue weighted by Crippen LogP contribution is -2.19. The van der Waals surface area contributed by atoms with Crippen LogP contribution in [0.1, 0.15) is 16.7 Å². The zero-order chi connectivity index (χ0) is 16.4. The van der Waals surface area contributed by atoms with Crippen LogP contribution in [0.25, 0.3) is 6.08 Å². The van der Waals surface area contributed by atoms with Crippen LogP contribution in [0.5, 0.6) is 0 Å². The lowest BCUT2D eigenvalue weighted by molar-refractivity contribution is -0.115. The Hall–Kier alpha value is -2.40. The van der Waals surface area contributed by atoms with Gasteiger partial charge >= 0.3 is 0 Å². The molecule has 1 amide bonds. The number of hydrogen-bond acceptors (Lipinski definition) is 3. The third kappa shape index (κ3) is 3.51. The molecule has 0 aliphatic carbocycles. The molecule has 0 unspecified atom stereocenters. The molecule has 1 saturated heterocycles. The van der Waals surface area contributed by atoms with Crippen molar-refractivity contribution in [3.05, 3.63) is 69.9 Å². The molecule has 3 rings (SSSR count). The molecule has 0 radical (unpaired) electrons.